The van der Waals surface area contributed by atoms with Crippen molar-refractivity contribution in [1.82, 2.24) is 4.31 Å². The zero-order chi connectivity index (χ0) is 16.2. The van der Waals surface area contributed by atoms with Crippen molar-refractivity contribution in [2.24, 2.45) is 5.92 Å². The summed E-state index contributed by atoms with van der Waals surface area (Å²) in [6, 6.07) is 6.23. The Hall–Kier alpha value is -1.40. The summed E-state index contributed by atoms with van der Waals surface area (Å²) in [6.07, 6.45) is 0.134. The molecule has 1 rings (SSSR count). The second-order valence-corrected chi connectivity index (χ2v) is 7.40. The molecule has 0 saturated heterocycles. The molecule has 0 spiro atoms. The molecule has 1 aromatic rings. The average molecular weight is 313 g/mol. The number of methoxy groups -OCH3 is 1. The molecular weight excluding hydrogens is 290 g/mol. The summed E-state index contributed by atoms with van der Waals surface area (Å²) in [5, 5.41) is 0. The largest absolute Gasteiger partial charge is 0.469 e. The summed E-state index contributed by atoms with van der Waals surface area (Å²) in [4.78, 5) is 11.4. The molecule has 1 aromatic carbocycles. The number of hydrogen-bond acceptors (Lipinski definition) is 4. The van der Waals surface area contributed by atoms with E-state index in [4.69, 9.17) is 0 Å². The Morgan fingerprint density at radius 3 is 2.14 bits per heavy atom. The quantitative estimate of drug-likeness (QED) is 0.754. The van der Waals surface area contributed by atoms with Crippen LogP contribution in [0.2, 0.25) is 0 Å². The number of nitrogens with zero attached hydrogens (tertiary/aromatic N) is 1. The number of carbonyl (C=O) groups is 1. The predicted molar refractivity (Wildman–Crippen MR) is 81.4 cm³/mol. The van der Waals surface area contributed by atoms with Crippen LogP contribution in [0.25, 0.3) is 0 Å². The smallest absolute Gasteiger partial charge is 0.309 e. The molecule has 0 aliphatic heterocycles. The van der Waals surface area contributed by atoms with Gasteiger partial charge in [-0.15, -0.1) is 0 Å². The van der Waals surface area contributed by atoms with Gasteiger partial charge in [0.1, 0.15) is 0 Å². The average Bonchev–Trinajstić information content (AvgIpc) is 2.45. The standard InChI is InChI=1S/C15H23NO4S/c1-11(2)12(3)16(4)21(18,19)14-8-6-13(7-9-14)10-15(17)20-5/h6-9,11-12H,10H2,1-5H3. The lowest BCUT2D eigenvalue weighted by molar-refractivity contribution is -0.139. The maximum atomic E-state index is 12.5. The number of ether oxygens (including phenoxy) is 1. The summed E-state index contributed by atoms with van der Waals surface area (Å²) in [5.74, 6) is -0.125. The number of benzene rings is 1. The fourth-order valence-corrected chi connectivity index (χ4v) is 3.32. The Balaban J connectivity index is 2.97. The highest BCUT2D eigenvalue weighted by Crippen LogP contribution is 2.20. The molecule has 0 aliphatic rings. The Bertz CT molecular complexity index is 578. The van der Waals surface area contributed by atoms with E-state index in [0.29, 0.717) is 0 Å². The second-order valence-electron chi connectivity index (χ2n) is 5.40. The molecule has 0 aliphatic carbocycles. The minimum atomic E-state index is -3.52. The van der Waals surface area contributed by atoms with Gasteiger partial charge >= 0.3 is 5.97 Å². The summed E-state index contributed by atoms with van der Waals surface area (Å²) < 4.78 is 31.0. The summed E-state index contributed by atoms with van der Waals surface area (Å²) in [6.45, 7) is 5.85. The lowest BCUT2D eigenvalue weighted by atomic mass is 10.1. The molecule has 0 amide bonds. The van der Waals surface area contributed by atoms with E-state index >= 15 is 0 Å². The third kappa shape index (κ3) is 4.28. The van der Waals surface area contributed by atoms with Gasteiger partial charge in [0.25, 0.3) is 0 Å². The molecule has 1 atom stereocenters. The van der Waals surface area contributed by atoms with E-state index in [1.165, 1.54) is 23.5 Å². The molecule has 1 unspecified atom stereocenters. The van der Waals surface area contributed by atoms with Gasteiger partial charge in [0.05, 0.1) is 18.4 Å². The van der Waals surface area contributed by atoms with Gasteiger partial charge in [0, 0.05) is 13.1 Å². The first-order chi connectivity index (χ1) is 9.70. The molecule has 118 valence electrons. The van der Waals surface area contributed by atoms with E-state index in [0.717, 1.165) is 5.56 Å². The maximum Gasteiger partial charge on any atom is 0.309 e. The van der Waals surface area contributed by atoms with Crippen LogP contribution in [0.5, 0.6) is 0 Å². The first kappa shape index (κ1) is 17.7. The van der Waals surface area contributed by atoms with E-state index in [1.807, 2.05) is 20.8 Å². The molecule has 0 aromatic heterocycles. The number of carbonyl (C=O) groups excluding carboxylic acids is 1. The Morgan fingerprint density at radius 2 is 1.71 bits per heavy atom. The third-order valence-corrected chi connectivity index (χ3v) is 5.67. The van der Waals surface area contributed by atoms with Crippen LogP contribution in [0.1, 0.15) is 26.3 Å². The SMILES string of the molecule is COC(=O)Cc1ccc(S(=O)(=O)N(C)C(C)C(C)C)cc1. The van der Waals surface area contributed by atoms with Gasteiger partial charge in [0.15, 0.2) is 0 Å². The molecule has 0 fully saturated rings. The van der Waals surface area contributed by atoms with Gasteiger partial charge in [0.2, 0.25) is 10.0 Å². The normalized spacial score (nSPS) is 13.5. The lowest BCUT2D eigenvalue weighted by Gasteiger charge is -2.27. The van der Waals surface area contributed by atoms with Crippen LogP contribution in [0.3, 0.4) is 0 Å². The van der Waals surface area contributed by atoms with Crippen molar-refractivity contribution in [1.29, 1.82) is 0 Å². The van der Waals surface area contributed by atoms with Crippen LogP contribution in [-0.4, -0.2) is 38.9 Å². The number of sulfonamides is 1. The van der Waals surface area contributed by atoms with Crippen molar-refractivity contribution < 1.29 is 17.9 Å². The van der Waals surface area contributed by atoms with Crippen LogP contribution >= 0.6 is 0 Å². The van der Waals surface area contributed by atoms with Crippen molar-refractivity contribution in [3.63, 3.8) is 0 Å². The van der Waals surface area contributed by atoms with E-state index in [2.05, 4.69) is 4.74 Å². The molecular formula is C15H23NO4S. The molecule has 21 heavy (non-hydrogen) atoms. The van der Waals surface area contributed by atoms with Gasteiger partial charge < -0.3 is 4.74 Å². The topological polar surface area (TPSA) is 63.7 Å². The Morgan fingerprint density at radius 1 is 1.19 bits per heavy atom. The van der Waals surface area contributed by atoms with Crippen LogP contribution in [0.15, 0.2) is 29.2 Å². The Labute approximate surface area is 127 Å². The fourth-order valence-electron chi connectivity index (χ4n) is 1.82. The summed E-state index contributed by atoms with van der Waals surface area (Å²) in [7, 11) is -0.608. The predicted octanol–water partition coefficient (Wildman–Crippen LogP) is 2.07. The van der Waals surface area contributed by atoms with Gasteiger partial charge in [-0.25, -0.2) is 8.42 Å². The summed E-state index contributed by atoms with van der Waals surface area (Å²) in [5.41, 5.74) is 0.723. The highest BCUT2D eigenvalue weighted by molar-refractivity contribution is 7.89. The second kappa shape index (κ2) is 7.04. The number of esters is 1. The van der Waals surface area contributed by atoms with E-state index in [9.17, 15) is 13.2 Å². The number of rotatable bonds is 6. The van der Waals surface area contributed by atoms with Gasteiger partial charge in [-0.3, -0.25) is 4.79 Å². The van der Waals surface area contributed by atoms with Crippen LogP contribution < -0.4 is 0 Å². The fraction of sp³-hybridized carbons (Fsp3) is 0.533. The highest BCUT2D eigenvalue weighted by Gasteiger charge is 2.26. The zero-order valence-corrected chi connectivity index (χ0v) is 14.0. The Kier molecular flexibility index (Phi) is 5.92. The van der Waals surface area contributed by atoms with Gasteiger partial charge in [-0.2, -0.15) is 4.31 Å². The minimum absolute atomic E-state index is 0.0928. The molecule has 0 saturated carbocycles. The lowest BCUT2D eigenvalue weighted by Crippen LogP contribution is -2.38. The monoisotopic (exact) mass is 313 g/mol. The molecule has 0 radical (unpaired) electrons. The van der Waals surface area contributed by atoms with Crippen LogP contribution in [-0.2, 0) is 26.0 Å². The highest BCUT2D eigenvalue weighted by atomic mass is 32.2. The molecule has 0 bridgehead atoms. The van der Waals surface area contributed by atoms with Crippen molar-refractivity contribution in [2.75, 3.05) is 14.2 Å². The zero-order valence-electron chi connectivity index (χ0n) is 13.2. The van der Waals surface area contributed by atoms with Crippen molar-refractivity contribution >= 4 is 16.0 Å². The first-order valence-electron chi connectivity index (χ1n) is 6.84. The number of hydrogen-bond donors (Lipinski definition) is 0. The van der Waals surface area contributed by atoms with E-state index in [1.54, 1.807) is 19.2 Å². The van der Waals surface area contributed by atoms with Crippen molar-refractivity contribution in [3.05, 3.63) is 29.8 Å². The molecule has 0 heterocycles. The van der Waals surface area contributed by atoms with Gasteiger partial charge in [-0.1, -0.05) is 26.0 Å². The molecule has 5 nitrogen and oxygen atoms in total. The molecule has 0 N–H and O–H groups in total. The van der Waals surface area contributed by atoms with Crippen molar-refractivity contribution in [3.8, 4) is 0 Å². The van der Waals surface area contributed by atoms with Gasteiger partial charge in [-0.05, 0) is 30.5 Å². The maximum absolute atomic E-state index is 12.5. The van der Waals surface area contributed by atoms with Crippen LogP contribution in [0.4, 0.5) is 0 Å². The summed E-state index contributed by atoms with van der Waals surface area (Å²) >= 11 is 0. The van der Waals surface area contributed by atoms with Crippen LogP contribution in [0, 0.1) is 5.92 Å². The minimum Gasteiger partial charge on any atom is -0.469 e. The van der Waals surface area contributed by atoms with Crippen molar-refractivity contribution in [2.45, 2.75) is 38.1 Å². The third-order valence-electron chi connectivity index (χ3n) is 3.71. The molecule has 6 heteroatoms. The van der Waals surface area contributed by atoms with E-state index < -0.39 is 10.0 Å². The van der Waals surface area contributed by atoms with E-state index in [-0.39, 0.29) is 29.2 Å². The first-order valence-corrected chi connectivity index (χ1v) is 8.28.